The van der Waals surface area contributed by atoms with Crippen LogP contribution in [0.1, 0.15) is 32.6 Å². The summed E-state index contributed by atoms with van der Waals surface area (Å²) < 4.78 is 5.48. The zero-order valence-electron chi connectivity index (χ0n) is 9.29. The molecule has 0 unspecified atom stereocenters. The van der Waals surface area contributed by atoms with Crippen LogP contribution >= 0.6 is 0 Å². The summed E-state index contributed by atoms with van der Waals surface area (Å²) in [5, 5.41) is 6.29. The van der Waals surface area contributed by atoms with Gasteiger partial charge < -0.3 is 15.4 Å². The Balaban J connectivity index is 1.67. The van der Waals surface area contributed by atoms with Crippen LogP contribution in [0.25, 0.3) is 0 Å². The predicted molar refractivity (Wildman–Crippen MR) is 57.6 cm³/mol. The Morgan fingerprint density at radius 1 is 1.53 bits per heavy atom. The maximum Gasteiger partial charge on any atom is 0.237 e. The topological polar surface area (TPSA) is 50.4 Å². The van der Waals surface area contributed by atoms with Crippen LogP contribution in [0, 0.1) is 0 Å². The van der Waals surface area contributed by atoms with E-state index in [1.165, 1.54) is 0 Å². The minimum atomic E-state index is 0.0336. The van der Waals surface area contributed by atoms with Crippen LogP contribution in [0.5, 0.6) is 0 Å². The molecule has 1 saturated heterocycles. The van der Waals surface area contributed by atoms with E-state index in [2.05, 4.69) is 10.6 Å². The van der Waals surface area contributed by atoms with Crippen LogP contribution in [0.3, 0.4) is 0 Å². The molecule has 1 saturated carbocycles. The first-order chi connectivity index (χ1) is 7.29. The average Bonchev–Trinajstić information content (AvgIpc) is 2.18. The number of amides is 1. The SMILES string of the molecule is CCOC1CC(N[C@H]2CCCNC2=O)C1. The van der Waals surface area contributed by atoms with Crippen molar-refractivity contribution in [2.24, 2.45) is 0 Å². The third kappa shape index (κ3) is 2.69. The average molecular weight is 212 g/mol. The minimum Gasteiger partial charge on any atom is -0.378 e. The molecule has 2 N–H and O–H groups in total. The van der Waals surface area contributed by atoms with Gasteiger partial charge in [0.15, 0.2) is 0 Å². The number of ether oxygens (including phenoxy) is 1. The fourth-order valence-electron chi connectivity index (χ4n) is 2.29. The lowest BCUT2D eigenvalue weighted by Gasteiger charge is -2.38. The minimum absolute atomic E-state index is 0.0336. The van der Waals surface area contributed by atoms with Gasteiger partial charge in [-0.3, -0.25) is 4.79 Å². The highest BCUT2D eigenvalue weighted by atomic mass is 16.5. The molecule has 0 aromatic carbocycles. The van der Waals surface area contributed by atoms with Crippen molar-refractivity contribution in [2.45, 2.75) is 50.8 Å². The van der Waals surface area contributed by atoms with Crippen LogP contribution in [-0.4, -0.2) is 37.2 Å². The number of piperidine rings is 1. The van der Waals surface area contributed by atoms with Crippen molar-refractivity contribution >= 4 is 5.91 Å². The predicted octanol–water partition coefficient (Wildman–Crippen LogP) is 0.422. The van der Waals surface area contributed by atoms with E-state index in [0.29, 0.717) is 12.1 Å². The Hall–Kier alpha value is -0.610. The molecular weight excluding hydrogens is 192 g/mol. The number of rotatable bonds is 4. The highest BCUT2D eigenvalue weighted by Crippen LogP contribution is 2.24. The van der Waals surface area contributed by atoms with Gasteiger partial charge in [-0.15, -0.1) is 0 Å². The summed E-state index contributed by atoms with van der Waals surface area (Å²) in [5.74, 6) is 0.168. The van der Waals surface area contributed by atoms with Crippen LogP contribution in [0.4, 0.5) is 0 Å². The molecule has 0 bridgehead atoms. The van der Waals surface area contributed by atoms with E-state index >= 15 is 0 Å². The van der Waals surface area contributed by atoms with Gasteiger partial charge >= 0.3 is 0 Å². The molecule has 1 amide bonds. The molecule has 0 aromatic heterocycles. The lowest BCUT2D eigenvalue weighted by Crippen LogP contribution is -2.56. The van der Waals surface area contributed by atoms with Crippen molar-refractivity contribution < 1.29 is 9.53 Å². The summed E-state index contributed by atoms with van der Waals surface area (Å²) >= 11 is 0. The molecule has 15 heavy (non-hydrogen) atoms. The standard InChI is InChI=1S/C11H20N2O2/c1-2-15-9-6-8(7-9)13-10-4-3-5-12-11(10)14/h8-10,13H,2-7H2,1H3,(H,12,14)/t8?,9?,10-/m0/s1. The van der Waals surface area contributed by atoms with Gasteiger partial charge in [0.25, 0.3) is 0 Å². The Kier molecular flexibility index (Phi) is 3.59. The second-order valence-electron chi connectivity index (χ2n) is 4.40. The molecule has 1 aliphatic heterocycles. The number of hydrogen-bond donors (Lipinski definition) is 2. The third-order valence-corrected chi connectivity index (χ3v) is 3.22. The fourth-order valence-corrected chi connectivity index (χ4v) is 2.29. The van der Waals surface area contributed by atoms with Crippen LogP contribution in [0.2, 0.25) is 0 Å². The number of carbonyl (C=O) groups excluding carboxylic acids is 1. The van der Waals surface area contributed by atoms with Crippen LogP contribution < -0.4 is 10.6 Å². The maximum atomic E-state index is 11.5. The molecule has 2 rings (SSSR count). The monoisotopic (exact) mass is 212 g/mol. The molecule has 2 fully saturated rings. The molecule has 0 spiro atoms. The van der Waals surface area contributed by atoms with E-state index < -0.39 is 0 Å². The maximum absolute atomic E-state index is 11.5. The Labute approximate surface area is 90.8 Å². The van der Waals surface area contributed by atoms with Crippen LogP contribution in [0.15, 0.2) is 0 Å². The van der Waals surface area contributed by atoms with Gasteiger partial charge in [0, 0.05) is 19.2 Å². The Morgan fingerprint density at radius 3 is 3.00 bits per heavy atom. The second kappa shape index (κ2) is 4.94. The molecule has 4 heteroatoms. The largest absolute Gasteiger partial charge is 0.378 e. The molecule has 86 valence electrons. The normalized spacial score (nSPS) is 35.8. The molecule has 4 nitrogen and oxygen atoms in total. The highest BCUT2D eigenvalue weighted by molar-refractivity contribution is 5.82. The van der Waals surface area contributed by atoms with Gasteiger partial charge in [-0.2, -0.15) is 0 Å². The second-order valence-corrected chi connectivity index (χ2v) is 4.40. The number of hydrogen-bond acceptors (Lipinski definition) is 3. The molecule has 2 aliphatic rings. The first kappa shape index (κ1) is 10.9. The molecule has 0 radical (unpaired) electrons. The summed E-state index contributed by atoms with van der Waals surface area (Å²) in [5.41, 5.74) is 0. The third-order valence-electron chi connectivity index (χ3n) is 3.22. The molecule has 1 aliphatic carbocycles. The van der Waals surface area contributed by atoms with E-state index in [1.54, 1.807) is 0 Å². The quantitative estimate of drug-likeness (QED) is 0.710. The van der Waals surface area contributed by atoms with E-state index in [0.717, 1.165) is 38.8 Å². The van der Waals surface area contributed by atoms with E-state index in [9.17, 15) is 4.79 Å². The van der Waals surface area contributed by atoms with Crippen LogP contribution in [-0.2, 0) is 9.53 Å². The lowest BCUT2D eigenvalue weighted by atomic mass is 9.88. The van der Waals surface area contributed by atoms with E-state index in [1.807, 2.05) is 6.92 Å². The van der Waals surface area contributed by atoms with Crippen molar-refractivity contribution in [1.82, 2.24) is 10.6 Å². The number of carbonyl (C=O) groups is 1. The number of nitrogens with one attached hydrogen (secondary N) is 2. The van der Waals surface area contributed by atoms with Gasteiger partial charge in [0.05, 0.1) is 12.1 Å². The Bertz CT molecular complexity index is 227. The molecule has 1 atom stereocenters. The first-order valence-corrected chi connectivity index (χ1v) is 5.95. The van der Waals surface area contributed by atoms with Crippen molar-refractivity contribution in [2.75, 3.05) is 13.2 Å². The molecule has 1 heterocycles. The van der Waals surface area contributed by atoms with E-state index in [4.69, 9.17) is 4.74 Å². The zero-order chi connectivity index (χ0) is 10.7. The van der Waals surface area contributed by atoms with Crippen molar-refractivity contribution in [1.29, 1.82) is 0 Å². The first-order valence-electron chi connectivity index (χ1n) is 5.95. The Morgan fingerprint density at radius 2 is 2.33 bits per heavy atom. The van der Waals surface area contributed by atoms with Crippen molar-refractivity contribution in [3.63, 3.8) is 0 Å². The van der Waals surface area contributed by atoms with Crippen molar-refractivity contribution in [3.05, 3.63) is 0 Å². The lowest BCUT2D eigenvalue weighted by molar-refractivity contribution is -0.125. The van der Waals surface area contributed by atoms with Gasteiger partial charge in [-0.25, -0.2) is 0 Å². The van der Waals surface area contributed by atoms with Gasteiger partial charge in [-0.05, 0) is 32.6 Å². The van der Waals surface area contributed by atoms with Crippen molar-refractivity contribution in [3.8, 4) is 0 Å². The summed E-state index contributed by atoms with van der Waals surface area (Å²) in [7, 11) is 0. The van der Waals surface area contributed by atoms with E-state index in [-0.39, 0.29) is 11.9 Å². The summed E-state index contributed by atoms with van der Waals surface area (Å²) in [4.78, 5) is 11.5. The molecular formula is C11H20N2O2. The van der Waals surface area contributed by atoms with Gasteiger partial charge in [0.2, 0.25) is 5.91 Å². The summed E-state index contributed by atoms with van der Waals surface area (Å²) in [6.07, 6.45) is 4.58. The highest BCUT2D eigenvalue weighted by Gasteiger charge is 2.33. The smallest absolute Gasteiger partial charge is 0.237 e. The summed E-state index contributed by atoms with van der Waals surface area (Å²) in [6, 6.07) is 0.515. The zero-order valence-corrected chi connectivity index (χ0v) is 9.29. The summed E-state index contributed by atoms with van der Waals surface area (Å²) in [6.45, 7) is 3.65. The van der Waals surface area contributed by atoms with Gasteiger partial charge in [0.1, 0.15) is 0 Å². The van der Waals surface area contributed by atoms with Gasteiger partial charge in [-0.1, -0.05) is 0 Å². The fraction of sp³-hybridized carbons (Fsp3) is 0.909. The molecule has 0 aromatic rings.